The molecule has 3 nitrogen and oxygen atoms in total. The second-order valence-corrected chi connectivity index (χ2v) is 6.77. The molecule has 0 unspecified atom stereocenters. The van der Waals surface area contributed by atoms with Crippen molar-refractivity contribution >= 4 is 26.0 Å². The quantitative estimate of drug-likeness (QED) is 0.885. The van der Waals surface area contributed by atoms with Crippen LogP contribution in [0, 0.1) is 17.5 Å². The van der Waals surface area contributed by atoms with Crippen molar-refractivity contribution in [2.24, 2.45) is 0 Å². The van der Waals surface area contributed by atoms with Crippen molar-refractivity contribution in [3.8, 4) is 0 Å². The molecular weight excluding hydrogens is 371 g/mol. The molecule has 2 rings (SSSR count). The van der Waals surface area contributed by atoms with E-state index in [9.17, 15) is 21.6 Å². The van der Waals surface area contributed by atoms with Gasteiger partial charge in [-0.15, -0.1) is 0 Å². The summed E-state index contributed by atoms with van der Waals surface area (Å²) in [6.07, 6.45) is 0. The summed E-state index contributed by atoms with van der Waals surface area (Å²) in [6.45, 7) is -0.239. The molecule has 0 aliphatic heterocycles. The van der Waals surface area contributed by atoms with Gasteiger partial charge in [0.05, 0.1) is 9.37 Å². The van der Waals surface area contributed by atoms with Gasteiger partial charge in [0.1, 0.15) is 5.82 Å². The molecule has 0 atom stereocenters. The number of halogens is 4. The molecule has 0 radical (unpaired) electrons. The van der Waals surface area contributed by atoms with E-state index in [0.717, 1.165) is 18.2 Å². The Morgan fingerprint density at radius 2 is 1.67 bits per heavy atom. The lowest BCUT2D eigenvalue weighted by Crippen LogP contribution is -2.23. The molecule has 1 N–H and O–H groups in total. The fourth-order valence-corrected chi connectivity index (χ4v) is 2.83. The van der Waals surface area contributed by atoms with Gasteiger partial charge in [-0.3, -0.25) is 0 Å². The van der Waals surface area contributed by atoms with Crippen molar-refractivity contribution in [2.45, 2.75) is 11.4 Å². The van der Waals surface area contributed by atoms with Gasteiger partial charge in [-0.2, -0.15) is 0 Å². The lowest BCUT2D eigenvalue weighted by atomic mass is 10.2. The van der Waals surface area contributed by atoms with Gasteiger partial charge in [-0.1, -0.05) is 6.07 Å². The Hall–Kier alpha value is -1.38. The standard InChI is InChI=1S/C13H9BrF3NO2S/c14-10-3-2-9(6-12(10)16)21(19,20)18-7-8-1-4-11(15)13(17)5-8/h1-6,18H,7H2. The number of hydrogen-bond donors (Lipinski definition) is 1. The molecule has 0 bridgehead atoms. The fraction of sp³-hybridized carbons (Fsp3) is 0.0769. The minimum atomic E-state index is -3.95. The van der Waals surface area contributed by atoms with Crippen LogP contribution < -0.4 is 4.72 Å². The highest BCUT2D eigenvalue weighted by atomic mass is 79.9. The molecule has 8 heteroatoms. The molecule has 0 spiro atoms. The maximum absolute atomic E-state index is 13.3. The van der Waals surface area contributed by atoms with Crippen molar-refractivity contribution in [1.29, 1.82) is 0 Å². The lowest BCUT2D eigenvalue weighted by molar-refractivity contribution is 0.506. The Labute approximate surface area is 128 Å². The van der Waals surface area contributed by atoms with Gasteiger partial charge in [-0.25, -0.2) is 26.3 Å². The fourth-order valence-electron chi connectivity index (χ4n) is 1.56. The largest absolute Gasteiger partial charge is 0.240 e. The van der Waals surface area contributed by atoms with Crippen LogP contribution in [0.25, 0.3) is 0 Å². The molecule has 0 aromatic heterocycles. The Morgan fingerprint density at radius 3 is 2.29 bits per heavy atom. The zero-order chi connectivity index (χ0) is 15.6. The first-order valence-corrected chi connectivity index (χ1v) is 7.96. The summed E-state index contributed by atoms with van der Waals surface area (Å²) in [7, 11) is -3.95. The van der Waals surface area contributed by atoms with Crippen molar-refractivity contribution in [1.82, 2.24) is 4.72 Å². The Morgan fingerprint density at radius 1 is 0.952 bits per heavy atom. The van der Waals surface area contributed by atoms with E-state index in [-0.39, 0.29) is 21.5 Å². The van der Waals surface area contributed by atoms with E-state index in [1.54, 1.807) is 0 Å². The molecule has 0 aliphatic carbocycles. The minimum absolute atomic E-state index is 0.141. The summed E-state index contributed by atoms with van der Waals surface area (Å²) in [5, 5.41) is 0. The highest BCUT2D eigenvalue weighted by molar-refractivity contribution is 9.10. The van der Waals surface area contributed by atoms with Crippen LogP contribution in [-0.4, -0.2) is 8.42 Å². The first kappa shape index (κ1) is 16.0. The topological polar surface area (TPSA) is 46.2 Å². The van der Waals surface area contributed by atoms with Crippen LogP contribution >= 0.6 is 15.9 Å². The van der Waals surface area contributed by atoms with E-state index < -0.39 is 27.5 Å². The summed E-state index contributed by atoms with van der Waals surface area (Å²) in [6, 6.07) is 6.39. The van der Waals surface area contributed by atoms with E-state index in [1.165, 1.54) is 18.2 Å². The highest BCUT2D eigenvalue weighted by Gasteiger charge is 2.16. The van der Waals surface area contributed by atoms with Gasteiger partial charge in [0.25, 0.3) is 0 Å². The molecule has 0 fully saturated rings. The zero-order valence-corrected chi connectivity index (χ0v) is 12.8. The Balaban J connectivity index is 2.17. The Kier molecular flexibility index (Phi) is 4.70. The molecule has 0 aliphatic rings. The molecule has 2 aromatic carbocycles. The molecule has 0 saturated heterocycles. The summed E-state index contributed by atoms with van der Waals surface area (Å²) >= 11 is 2.92. The number of sulfonamides is 1. The second kappa shape index (κ2) is 6.17. The van der Waals surface area contributed by atoms with Crippen LogP contribution in [0.2, 0.25) is 0 Å². The van der Waals surface area contributed by atoms with E-state index in [4.69, 9.17) is 0 Å². The van der Waals surface area contributed by atoms with Crippen LogP contribution in [0.15, 0.2) is 45.8 Å². The van der Waals surface area contributed by atoms with Crippen LogP contribution in [-0.2, 0) is 16.6 Å². The predicted molar refractivity (Wildman–Crippen MR) is 74.5 cm³/mol. The van der Waals surface area contributed by atoms with Crippen LogP contribution in [0.3, 0.4) is 0 Å². The van der Waals surface area contributed by atoms with Gasteiger partial charge < -0.3 is 0 Å². The normalized spacial score (nSPS) is 11.6. The zero-order valence-electron chi connectivity index (χ0n) is 10.4. The third-order valence-electron chi connectivity index (χ3n) is 2.65. The molecule has 0 saturated carbocycles. The van der Waals surface area contributed by atoms with Gasteiger partial charge in [0.2, 0.25) is 10.0 Å². The number of nitrogens with one attached hydrogen (secondary N) is 1. The number of hydrogen-bond acceptors (Lipinski definition) is 2. The summed E-state index contributed by atoms with van der Waals surface area (Å²) in [5.74, 6) is -2.80. The summed E-state index contributed by atoms with van der Waals surface area (Å²) in [5.41, 5.74) is 0.245. The van der Waals surface area contributed by atoms with Crippen molar-refractivity contribution < 1.29 is 21.6 Å². The van der Waals surface area contributed by atoms with Crippen LogP contribution in [0.1, 0.15) is 5.56 Å². The first-order valence-electron chi connectivity index (χ1n) is 5.68. The van der Waals surface area contributed by atoms with Crippen LogP contribution in [0.4, 0.5) is 13.2 Å². The third-order valence-corrected chi connectivity index (χ3v) is 4.69. The van der Waals surface area contributed by atoms with E-state index in [2.05, 4.69) is 20.7 Å². The number of benzene rings is 2. The van der Waals surface area contributed by atoms with Crippen molar-refractivity contribution in [3.63, 3.8) is 0 Å². The summed E-state index contributed by atoms with van der Waals surface area (Å²) < 4.78 is 65.4. The molecular formula is C13H9BrF3NO2S. The third kappa shape index (κ3) is 3.84. The van der Waals surface area contributed by atoms with E-state index in [0.29, 0.717) is 0 Å². The highest BCUT2D eigenvalue weighted by Crippen LogP contribution is 2.19. The number of rotatable bonds is 4. The van der Waals surface area contributed by atoms with Crippen molar-refractivity contribution in [3.05, 3.63) is 63.9 Å². The maximum atomic E-state index is 13.3. The van der Waals surface area contributed by atoms with Gasteiger partial charge in [-0.05, 0) is 51.8 Å². The van der Waals surface area contributed by atoms with E-state index >= 15 is 0 Å². The average molecular weight is 380 g/mol. The van der Waals surface area contributed by atoms with Gasteiger partial charge >= 0.3 is 0 Å². The molecule has 2 aromatic rings. The molecule has 0 amide bonds. The molecule has 112 valence electrons. The smallest absolute Gasteiger partial charge is 0.207 e. The summed E-state index contributed by atoms with van der Waals surface area (Å²) in [4.78, 5) is -0.259. The monoisotopic (exact) mass is 379 g/mol. The maximum Gasteiger partial charge on any atom is 0.240 e. The average Bonchev–Trinajstić information content (AvgIpc) is 2.43. The Bertz CT molecular complexity index is 781. The van der Waals surface area contributed by atoms with Crippen LogP contribution in [0.5, 0.6) is 0 Å². The van der Waals surface area contributed by atoms with E-state index in [1.807, 2.05) is 0 Å². The van der Waals surface area contributed by atoms with Gasteiger partial charge in [0, 0.05) is 6.54 Å². The molecule has 0 heterocycles. The SMILES string of the molecule is O=S(=O)(NCc1ccc(F)c(F)c1)c1ccc(Br)c(F)c1. The first-order chi connectivity index (χ1) is 9.79. The predicted octanol–water partition coefficient (Wildman–Crippen LogP) is 3.34. The minimum Gasteiger partial charge on any atom is -0.207 e. The van der Waals surface area contributed by atoms with Crippen molar-refractivity contribution in [2.75, 3.05) is 0 Å². The van der Waals surface area contributed by atoms with Gasteiger partial charge in [0.15, 0.2) is 11.6 Å². The lowest BCUT2D eigenvalue weighted by Gasteiger charge is -2.08. The molecule has 21 heavy (non-hydrogen) atoms. The second-order valence-electron chi connectivity index (χ2n) is 4.15.